The summed E-state index contributed by atoms with van der Waals surface area (Å²) >= 11 is 1.71. The quantitative estimate of drug-likeness (QED) is 0.690. The van der Waals surface area contributed by atoms with Crippen LogP contribution in [-0.2, 0) is 6.54 Å². The maximum Gasteiger partial charge on any atom is 0.270 e. The van der Waals surface area contributed by atoms with Crippen LogP contribution in [0.25, 0.3) is 10.2 Å². The third kappa shape index (κ3) is 3.29. The number of rotatable bonds is 4. The van der Waals surface area contributed by atoms with Crippen LogP contribution in [0.15, 0.2) is 47.8 Å². The second-order valence-electron chi connectivity index (χ2n) is 7.22. The summed E-state index contributed by atoms with van der Waals surface area (Å²) in [7, 11) is 0. The molecule has 1 amide bonds. The first-order valence-electron chi connectivity index (χ1n) is 9.27. The number of hydrogen-bond donors (Lipinski definition) is 0. The van der Waals surface area contributed by atoms with Crippen molar-refractivity contribution in [1.82, 2.24) is 14.4 Å². The van der Waals surface area contributed by atoms with Crippen LogP contribution < -0.4 is 0 Å². The van der Waals surface area contributed by atoms with Gasteiger partial charge in [-0.2, -0.15) is 0 Å². The van der Waals surface area contributed by atoms with E-state index in [1.807, 2.05) is 4.90 Å². The van der Waals surface area contributed by atoms with Crippen LogP contribution in [-0.4, -0.2) is 46.5 Å². The third-order valence-corrected chi connectivity index (χ3v) is 5.96. The summed E-state index contributed by atoms with van der Waals surface area (Å²) in [5.41, 5.74) is 3.34. The number of carbonyl (C=O) groups is 1. The van der Waals surface area contributed by atoms with Crippen molar-refractivity contribution in [2.24, 2.45) is 0 Å². The highest BCUT2D eigenvalue weighted by atomic mass is 32.1. The molecule has 2 aromatic heterocycles. The van der Waals surface area contributed by atoms with E-state index in [1.54, 1.807) is 11.3 Å². The average molecular weight is 368 g/mol. The highest BCUT2D eigenvalue weighted by molar-refractivity contribution is 7.17. The van der Waals surface area contributed by atoms with Crippen molar-refractivity contribution >= 4 is 27.5 Å². The molecule has 5 heteroatoms. The van der Waals surface area contributed by atoms with Gasteiger partial charge in [0.2, 0.25) is 0 Å². The van der Waals surface area contributed by atoms with E-state index in [0.29, 0.717) is 0 Å². The molecule has 4 rings (SSSR count). The second kappa shape index (κ2) is 7.25. The number of hydrogen-bond acceptors (Lipinski definition) is 3. The number of thiophene rings is 1. The lowest BCUT2D eigenvalue weighted by Gasteiger charge is -2.35. The number of amides is 1. The molecular weight excluding hydrogens is 342 g/mol. The van der Waals surface area contributed by atoms with Gasteiger partial charge in [-0.15, -0.1) is 11.3 Å². The Labute approximate surface area is 158 Å². The minimum atomic E-state index is 0.168. The fourth-order valence-electron chi connectivity index (χ4n) is 3.78. The molecule has 0 N–H and O–H groups in total. The molecule has 3 heterocycles. The molecule has 0 spiro atoms. The molecule has 0 atom stereocenters. The second-order valence-corrected chi connectivity index (χ2v) is 8.17. The van der Waals surface area contributed by atoms with E-state index < -0.39 is 0 Å². The number of nitrogens with zero attached hydrogens (tertiary/aromatic N) is 3. The predicted molar refractivity (Wildman–Crippen MR) is 108 cm³/mol. The number of piperazine rings is 1. The summed E-state index contributed by atoms with van der Waals surface area (Å²) < 4.78 is 3.38. The first-order chi connectivity index (χ1) is 12.6. The Morgan fingerprint density at radius 2 is 1.81 bits per heavy atom. The minimum absolute atomic E-state index is 0.168. The van der Waals surface area contributed by atoms with Gasteiger partial charge in [-0.05, 0) is 36.9 Å². The van der Waals surface area contributed by atoms with Gasteiger partial charge in [0.15, 0.2) is 0 Å². The monoisotopic (exact) mass is 367 g/mol. The Hall–Kier alpha value is -2.11. The van der Waals surface area contributed by atoms with Gasteiger partial charge in [-0.3, -0.25) is 9.69 Å². The van der Waals surface area contributed by atoms with Gasteiger partial charge in [0.05, 0.1) is 10.2 Å². The van der Waals surface area contributed by atoms with Crippen LogP contribution in [0.4, 0.5) is 0 Å². The molecule has 4 nitrogen and oxygen atoms in total. The molecule has 0 saturated carbocycles. The molecule has 0 aliphatic carbocycles. The van der Waals surface area contributed by atoms with E-state index in [0.717, 1.165) is 38.4 Å². The highest BCUT2D eigenvalue weighted by Gasteiger charge is 2.26. The third-order valence-electron chi connectivity index (χ3n) is 5.10. The molecular formula is C21H25N3OS. The van der Waals surface area contributed by atoms with Gasteiger partial charge in [0.25, 0.3) is 5.91 Å². The van der Waals surface area contributed by atoms with Crippen LogP contribution in [0.1, 0.15) is 35.9 Å². The predicted octanol–water partition coefficient (Wildman–Crippen LogP) is 4.24. The van der Waals surface area contributed by atoms with Gasteiger partial charge in [-0.25, -0.2) is 0 Å². The van der Waals surface area contributed by atoms with E-state index in [9.17, 15) is 4.79 Å². The largest absolute Gasteiger partial charge is 0.335 e. The molecule has 0 radical (unpaired) electrons. The first kappa shape index (κ1) is 17.3. The van der Waals surface area contributed by atoms with E-state index in [1.165, 1.54) is 15.8 Å². The average Bonchev–Trinajstić information content (AvgIpc) is 3.23. The van der Waals surface area contributed by atoms with Crippen LogP contribution in [0.5, 0.6) is 0 Å². The van der Waals surface area contributed by atoms with Crippen LogP contribution in [0, 0.1) is 0 Å². The highest BCUT2D eigenvalue weighted by Crippen LogP contribution is 2.29. The van der Waals surface area contributed by atoms with Gasteiger partial charge < -0.3 is 9.47 Å². The molecule has 3 aromatic rings. The lowest BCUT2D eigenvalue weighted by Crippen LogP contribution is -2.48. The SMILES string of the molecule is CC(C)n1c(C(=O)N2CCN(Cc3ccccc3)CC2)cc2sccc21. The van der Waals surface area contributed by atoms with E-state index >= 15 is 0 Å². The molecule has 26 heavy (non-hydrogen) atoms. The van der Waals surface area contributed by atoms with E-state index in [-0.39, 0.29) is 11.9 Å². The lowest BCUT2D eigenvalue weighted by atomic mass is 10.2. The summed E-state index contributed by atoms with van der Waals surface area (Å²) in [5, 5.41) is 2.10. The Bertz CT molecular complexity index is 889. The normalized spacial score (nSPS) is 15.9. The van der Waals surface area contributed by atoms with Crippen LogP contribution in [0.3, 0.4) is 0 Å². The Balaban J connectivity index is 1.45. The van der Waals surface area contributed by atoms with Crippen molar-refractivity contribution in [2.45, 2.75) is 26.4 Å². The number of carbonyl (C=O) groups excluding carboxylic acids is 1. The summed E-state index contributed by atoms with van der Waals surface area (Å²) in [6, 6.07) is 15.0. The van der Waals surface area contributed by atoms with Crippen molar-refractivity contribution in [1.29, 1.82) is 0 Å². The topological polar surface area (TPSA) is 28.5 Å². The maximum absolute atomic E-state index is 13.1. The van der Waals surface area contributed by atoms with Gasteiger partial charge in [0, 0.05) is 38.8 Å². The summed E-state index contributed by atoms with van der Waals surface area (Å²) in [4.78, 5) is 17.6. The van der Waals surface area contributed by atoms with Crippen molar-refractivity contribution in [3.05, 3.63) is 59.1 Å². The number of fused-ring (bicyclic) bond motifs is 1. The molecule has 1 fully saturated rings. The maximum atomic E-state index is 13.1. The molecule has 1 aliphatic heterocycles. The fraction of sp³-hybridized carbons (Fsp3) is 0.381. The van der Waals surface area contributed by atoms with Crippen molar-refractivity contribution < 1.29 is 4.79 Å². The van der Waals surface area contributed by atoms with Crippen molar-refractivity contribution in [3.8, 4) is 0 Å². The standard InChI is InChI=1S/C21H25N3OS/c1-16(2)24-18-8-13-26-20(18)14-19(24)21(25)23-11-9-22(10-12-23)15-17-6-4-3-5-7-17/h3-8,13-14,16H,9-12,15H2,1-2H3. The fourth-order valence-corrected chi connectivity index (χ4v) is 4.59. The zero-order chi connectivity index (χ0) is 18.1. The Kier molecular flexibility index (Phi) is 4.83. The minimum Gasteiger partial charge on any atom is -0.335 e. The molecule has 0 bridgehead atoms. The first-order valence-corrected chi connectivity index (χ1v) is 10.2. The van der Waals surface area contributed by atoms with Gasteiger partial charge in [-0.1, -0.05) is 30.3 Å². The summed E-state index contributed by atoms with van der Waals surface area (Å²) in [6.45, 7) is 8.69. The van der Waals surface area contributed by atoms with E-state index in [2.05, 4.69) is 71.2 Å². The number of aromatic nitrogens is 1. The molecule has 1 aromatic carbocycles. The Morgan fingerprint density at radius 1 is 1.08 bits per heavy atom. The molecule has 1 saturated heterocycles. The summed E-state index contributed by atoms with van der Waals surface area (Å²) in [5.74, 6) is 0.168. The van der Waals surface area contributed by atoms with Gasteiger partial charge in [0.1, 0.15) is 5.69 Å². The number of benzene rings is 1. The molecule has 1 aliphatic rings. The van der Waals surface area contributed by atoms with Crippen molar-refractivity contribution in [2.75, 3.05) is 26.2 Å². The zero-order valence-electron chi connectivity index (χ0n) is 15.4. The molecule has 136 valence electrons. The lowest BCUT2D eigenvalue weighted by molar-refractivity contribution is 0.0617. The van der Waals surface area contributed by atoms with Crippen LogP contribution in [0.2, 0.25) is 0 Å². The smallest absolute Gasteiger partial charge is 0.270 e. The Morgan fingerprint density at radius 3 is 2.50 bits per heavy atom. The molecule has 0 unspecified atom stereocenters. The van der Waals surface area contributed by atoms with Gasteiger partial charge >= 0.3 is 0 Å². The van der Waals surface area contributed by atoms with E-state index in [4.69, 9.17) is 0 Å². The zero-order valence-corrected chi connectivity index (χ0v) is 16.2. The van der Waals surface area contributed by atoms with Crippen LogP contribution >= 0.6 is 11.3 Å². The van der Waals surface area contributed by atoms with Crippen molar-refractivity contribution in [3.63, 3.8) is 0 Å². The summed E-state index contributed by atoms with van der Waals surface area (Å²) in [6.07, 6.45) is 0.